The number of imide groups is 1. The number of hydrogen-bond donors (Lipinski definition) is 1. The van der Waals surface area contributed by atoms with Crippen LogP contribution in [0.25, 0.3) is 0 Å². The van der Waals surface area contributed by atoms with Gasteiger partial charge in [-0.2, -0.15) is 0 Å². The van der Waals surface area contributed by atoms with E-state index < -0.39 is 11.7 Å². The molecule has 2 aromatic carbocycles. The fourth-order valence-corrected chi connectivity index (χ4v) is 5.87. The summed E-state index contributed by atoms with van der Waals surface area (Å²) in [5.41, 5.74) is 0.862. The van der Waals surface area contributed by atoms with Gasteiger partial charge in [0.15, 0.2) is 11.7 Å². The number of aliphatic hydroxyl groups excluding tert-OH is 1. The zero-order chi connectivity index (χ0) is 28.7. The first-order chi connectivity index (χ1) is 19.4. The highest BCUT2D eigenvalue weighted by Crippen LogP contribution is 2.42. The Morgan fingerprint density at radius 3 is 2.33 bits per heavy atom. The van der Waals surface area contributed by atoms with Crippen LogP contribution in [0, 0.1) is 5.82 Å². The molecule has 2 aromatic rings. The van der Waals surface area contributed by atoms with Crippen molar-refractivity contribution in [2.24, 2.45) is 4.99 Å². The van der Waals surface area contributed by atoms with Crippen LogP contribution in [-0.4, -0.2) is 87.2 Å². The number of carbonyl (C=O) groups excluding carboxylic acids is 2. The summed E-state index contributed by atoms with van der Waals surface area (Å²) >= 11 is 0. The second-order valence-corrected chi connectivity index (χ2v) is 10.4. The van der Waals surface area contributed by atoms with Gasteiger partial charge >= 0.3 is 6.03 Å². The summed E-state index contributed by atoms with van der Waals surface area (Å²) in [4.78, 5) is 36.8. The molecule has 40 heavy (non-hydrogen) atoms. The van der Waals surface area contributed by atoms with Crippen LogP contribution in [0.5, 0.6) is 0 Å². The first-order valence-electron chi connectivity index (χ1n) is 14.5. The van der Waals surface area contributed by atoms with Gasteiger partial charge in [-0.15, -0.1) is 0 Å². The number of benzene rings is 2. The highest BCUT2D eigenvalue weighted by molar-refractivity contribution is 6.05. The minimum Gasteiger partial charge on any atom is -0.395 e. The molecule has 0 radical (unpaired) electrons. The molecular weight excluding hydrogens is 509 g/mol. The molecule has 0 aliphatic carbocycles. The Labute approximate surface area is 237 Å². The van der Waals surface area contributed by atoms with Crippen molar-refractivity contribution in [1.82, 2.24) is 19.8 Å². The van der Waals surface area contributed by atoms with Crippen LogP contribution < -0.4 is 0 Å². The second-order valence-electron chi connectivity index (χ2n) is 10.4. The van der Waals surface area contributed by atoms with Gasteiger partial charge in [-0.05, 0) is 42.5 Å². The van der Waals surface area contributed by atoms with Gasteiger partial charge in [0, 0.05) is 32.6 Å². The number of fused-ring (bicyclic) bond motifs is 1. The molecule has 2 aliphatic heterocycles. The predicted octanol–water partition coefficient (Wildman–Crippen LogP) is 4.48. The Balaban J connectivity index is 1.79. The summed E-state index contributed by atoms with van der Waals surface area (Å²) in [6, 6.07) is 15.2. The number of hydrazine groups is 1. The number of unbranched alkanes of at least 4 members (excludes halogenated alkanes) is 2. The number of aliphatic imine (C=N–C) groups is 1. The van der Waals surface area contributed by atoms with E-state index in [0.29, 0.717) is 51.3 Å². The molecule has 2 unspecified atom stereocenters. The Morgan fingerprint density at radius 2 is 1.70 bits per heavy atom. The minimum atomic E-state index is -1.09. The third-order valence-electron chi connectivity index (χ3n) is 7.97. The van der Waals surface area contributed by atoms with E-state index in [1.54, 1.807) is 17.0 Å². The molecule has 8 nitrogen and oxygen atoms in total. The molecule has 2 atom stereocenters. The maximum absolute atomic E-state index is 14.3. The van der Waals surface area contributed by atoms with E-state index in [9.17, 15) is 19.1 Å². The van der Waals surface area contributed by atoms with E-state index in [1.807, 2.05) is 54.2 Å². The molecule has 1 saturated heterocycles. The van der Waals surface area contributed by atoms with Gasteiger partial charge in [0.1, 0.15) is 11.7 Å². The molecule has 1 fully saturated rings. The maximum atomic E-state index is 14.3. The Kier molecular flexibility index (Phi) is 9.92. The molecule has 216 valence electrons. The normalized spacial score (nSPS) is 20.9. The first kappa shape index (κ1) is 29.7. The maximum Gasteiger partial charge on any atom is 0.328 e. The topological polar surface area (TPSA) is 79.7 Å². The molecule has 2 aliphatic rings. The molecule has 2 heterocycles. The number of aliphatic hydroxyl groups is 1. The Bertz CT molecular complexity index is 1180. The lowest BCUT2D eigenvalue weighted by atomic mass is 9.91. The Morgan fingerprint density at radius 1 is 0.975 bits per heavy atom. The van der Waals surface area contributed by atoms with Crippen molar-refractivity contribution in [3.05, 3.63) is 71.5 Å². The lowest BCUT2D eigenvalue weighted by molar-refractivity contribution is -0.151. The minimum absolute atomic E-state index is 0.0730. The van der Waals surface area contributed by atoms with E-state index in [2.05, 4.69) is 6.92 Å². The number of nitrogens with zero attached hydrogens (tertiary/aromatic N) is 5. The van der Waals surface area contributed by atoms with Gasteiger partial charge in [0.05, 0.1) is 6.61 Å². The van der Waals surface area contributed by atoms with Crippen LogP contribution in [0.1, 0.15) is 57.6 Å². The zero-order valence-electron chi connectivity index (χ0n) is 23.9. The number of hydrogen-bond acceptors (Lipinski definition) is 6. The number of urea groups is 1. The number of rotatable bonds is 14. The predicted molar refractivity (Wildman–Crippen MR) is 154 cm³/mol. The molecule has 4 rings (SSSR count). The van der Waals surface area contributed by atoms with Crippen LogP contribution in [-0.2, 0) is 17.6 Å². The van der Waals surface area contributed by atoms with Crippen molar-refractivity contribution < 1.29 is 19.1 Å². The molecule has 0 bridgehead atoms. The molecule has 0 aromatic heterocycles. The quantitative estimate of drug-likeness (QED) is 0.350. The molecule has 9 heteroatoms. The summed E-state index contributed by atoms with van der Waals surface area (Å²) < 4.78 is 13.6. The van der Waals surface area contributed by atoms with E-state index >= 15 is 0 Å². The molecule has 0 spiro atoms. The largest absolute Gasteiger partial charge is 0.395 e. The van der Waals surface area contributed by atoms with Crippen molar-refractivity contribution in [2.45, 2.75) is 71.0 Å². The third kappa shape index (κ3) is 5.90. The van der Waals surface area contributed by atoms with Crippen LogP contribution in [0.4, 0.5) is 9.18 Å². The van der Waals surface area contributed by atoms with Crippen LogP contribution >= 0.6 is 0 Å². The highest BCUT2D eigenvalue weighted by atomic mass is 19.1. The van der Waals surface area contributed by atoms with Gasteiger partial charge in [-0.3, -0.25) is 19.6 Å². The summed E-state index contributed by atoms with van der Waals surface area (Å²) in [5, 5.41) is 13.8. The van der Waals surface area contributed by atoms with Gasteiger partial charge in [0.2, 0.25) is 0 Å². The van der Waals surface area contributed by atoms with Crippen LogP contribution in [0.15, 0.2) is 59.6 Å². The number of halogens is 1. The fraction of sp³-hybridized carbons (Fsp3) is 0.516. The SMILES string of the molecule is CCCCCN1C(=O)C2N(N(CC)CCO)C(Cc3ccccc3)=NC2(CC)N(CCc2ccc(F)cc2)C1=O. The average Bonchev–Trinajstić information content (AvgIpc) is 3.29. The number of likely N-dealkylation sites (N-methyl/N-ethyl adjacent to an activating group) is 1. The lowest BCUT2D eigenvalue weighted by Gasteiger charge is -2.51. The van der Waals surface area contributed by atoms with Gasteiger partial charge in [0.25, 0.3) is 5.91 Å². The smallest absolute Gasteiger partial charge is 0.328 e. The molecule has 0 saturated carbocycles. The monoisotopic (exact) mass is 551 g/mol. The van der Waals surface area contributed by atoms with E-state index in [0.717, 1.165) is 30.4 Å². The van der Waals surface area contributed by atoms with Crippen molar-refractivity contribution >= 4 is 17.8 Å². The van der Waals surface area contributed by atoms with Crippen molar-refractivity contribution in [3.63, 3.8) is 0 Å². The van der Waals surface area contributed by atoms with Crippen molar-refractivity contribution in [3.8, 4) is 0 Å². The van der Waals surface area contributed by atoms with E-state index in [4.69, 9.17) is 4.99 Å². The Hall–Kier alpha value is -3.30. The van der Waals surface area contributed by atoms with E-state index in [-0.39, 0.29) is 24.4 Å². The van der Waals surface area contributed by atoms with Crippen LogP contribution in [0.3, 0.4) is 0 Å². The number of amides is 3. The molecule has 1 N–H and O–H groups in total. The molecule has 3 amide bonds. The fourth-order valence-electron chi connectivity index (χ4n) is 5.87. The highest BCUT2D eigenvalue weighted by Gasteiger charge is 2.62. The lowest BCUT2D eigenvalue weighted by Crippen LogP contribution is -2.74. The first-order valence-corrected chi connectivity index (χ1v) is 14.5. The summed E-state index contributed by atoms with van der Waals surface area (Å²) in [7, 11) is 0. The molecular formula is C31H42FN5O3. The third-order valence-corrected chi connectivity index (χ3v) is 7.97. The summed E-state index contributed by atoms with van der Waals surface area (Å²) in [6.07, 6.45) is 4.08. The van der Waals surface area contributed by atoms with E-state index in [1.165, 1.54) is 17.0 Å². The number of carbonyl (C=O) groups is 2. The van der Waals surface area contributed by atoms with Crippen LogP contribution in [0.2, 0.25) is 0 Å². The second kappa shape index (κ2) is 13.4. The summed E-state index contributed by atoms with van der Waals surface area (Å²) in [6.45, 7) is 7.58. The van der Waals surface area contributed by atoms with Gasteiger partial charge in [-0.25, -0.2) is 19.2 Å². The average molecular weight is 552 g/mol. The van der Waals surface area contributed by atoms with Crippen molar-refractivity contribution in [2.75, 3.05) is 32.8 Å². The standard InChI is InChI=1S/C31H42FN5O3/c1-4-7-11-19-35-29(39)28-31(5-2,36(30(35)40)20-18-24-14-16-26(32)17-15-24)33-27(23-25-12-9-8-10-13-25)37(28)34(6-3)21-22-38/h8-10,12-17,28,38H,4-7,11,18-23H2,1-3H3. The van der Waals surface area contributed by atoms with Gasteiger partial charge < -0.3 is 5.11 Å². The van der Waals surface area contributed by atoms with Gasteiger partial charge in [-0.1, -0.05) is 76.1 Å². The number of amidine groups is 1. The van der Waals surface area contributed by atoms with Crippen molar-refractivity contribution in [1.29, 1.82) is 0 Å². The zero-order valence-corrected chi connectivity index (χ0v) is 23.9. The summed E-state index contributed by atoms with van der Waals surface area (Å²) in [5.74, 6) is 0.154.